The number of nitrogens with one attached hydrogen (secondary N) is 1. The number of aromatic carboxylic acids is 1. The Balaban J connectivity index is 2.17. The quantitative estimate of drug-likeness (QED) is 0.783. The normalized spacial score (nSPS) is 22.9. The summed E-state index contributed by atoms with van der Waals surface area (Å²) in [5.41, 5.74) is 0.161. The number of rotatable bonds is 2. The average Bonchev–Trinajstić information content (AvgIpc) is 2.67. The average molecular weight is 227 g/mol. The third-order valence-electron chi connectivity index (χ3n) is 2.54. The first-order valence-electron chi connectivity index (χ1n) is 4.74. The highest BCUT2D eigenvalue weighted by atomic mass is 32.2. The summed E-state index contributed by atoms with van der Waals surface area (Å²) in [5, 5.41) is 8.77. The minimum atomic E-state index is -0.958. The molecule has 0 aliphatic carbocycles. The molecule has 1 aliphatic rings. The van der Waals surface area contributed by atoms with Crippen LogP contribution in [0.15, 0.2) is 6.20 Å². The molecule has 2 N–H and O–H groups in total. The minimum Gasteiger partial charge on any atom is -0.477 e. The van der Waals surface area contributed by atoms with Crippen LogP contribution in [0.3, 0.4) is 0 Å². The van der Waals surface area contributed by atoms with E-state index < -0.39 is 5.97 Å². The van der Waals surface area contributed by atoms with Gasteiger partial charge in [0, 0.05) is 18.1 Å². The van der Waals surface area contributed by atoms with Crippen LogP contribution >= 0.6 is 11.8 Å². The maximum Gasteiger partial charge on any atom is 0.353 e. The molecule has 0 radical (unpaired) electrons. The summed E-state index contributed by atoms with van der Waals surface area (Å²) in [5.74, 6) is 1.88. The second kappa shape index (κ2) is 4.24. The van der Waals surface area contributed by atoms with Gasteiger partial charge >= 0.3 is 5.97 Å². The second-order valence-electron chi connectivity index (χ2n) is 3.56. The number of H-pyrrole nitrogens is 1. The summed E-state index contributed by atoms with van der Waals surface area (Å²) < 4.78 is 0. The van der Waals surface area contributed by atoms with Crippen LogP contribution in [-0.2, 0) is 0 Å². The fraction of sp³-hybridized carbons (Fsp3) is 0.556. The molecule has 0 spiro atoms. The first-order valence-corrected chi connectivity index (χ1v) is 5.90. The van der Waals surface area contributed by atoms with Gasteiger partial charge in [-0.2, -0.15) is 11.8 Å². The number of carboxylic acid groups (broad SMARTS) is 1. The summed E-state index contributed by atoms with van der Waals surface area (Å²) >= 11 is 1.87. The number of carboxylic acids is 1. The fourth-order valence-corrected chi connectivity index (χ4v) is 2.81. The molecule has 2 heterocycles. The third-order valence-corrected chi connectivity index (χ3v) is 3.56. The predicted molar refractivity (Wildman–Crippen MR) is 58.2 cm³/mol. The molecule has 0 amide bonds. The lowest BCUT2D eigenvalue weighted by molar-refractivity contribution is 0.0690. The van der Waals surface area contributed by atoms with E-state index in [0.717, 1.165) is 23.9 Å². The Bertz CT molecular complexity index is 366. The van der Waals surface area contributed by atoms with Crippen molar-refractivity contribution in [2.24, 2.45) is 0 Å². The highest BCUT2D eigenvalue weighted by Crippen LogP contribution is 2.25. The Kier molecular flexibility index (Phi) is 2.97. The molecule has 0 aromatic carbocycles. The number of aromatic amines is 1. The molecule has 1 aromatic rings. The smallest absolute Gasteiger partial charge is 0.353 e. The van der Waals surface area contributed by atoms with E-state index >= 15 is 0 Å². The monoisotopic (exact) mass is 227 g/mol. The Labute approximate surface area is 91.9 Å². The van der Waals surface area contributed by atoms with Gasteiger partial charge in [0.1, 0.15) is 11.5 Å². The lowest BCUT2D eigenvalue weighted by atomic mass is 10.3. The number of imidazole rings is 1. The number of nitrogens with zero attached hydrogens (tertiary/aromatic N) is 2. The molecule has 1 aliphatic heterocycles. The SMILES string of the molecule is CN1CCSCC1c1ncc(C(=O)O)[nH]1. The van der Waals surface area contributed by atoms with Gasteiger partial charge in [-0.15, -0.1) is 0 Å². The van der Waals surface area contributed by atoms with Crippen molar-refractivity contribution in [1.29, 1.82) is 0 Å². The molecule has 1 unspecified atom stereocenters. The number of aromatic nitrogens is 2. The first kappa shape index (κ1) is 10.5. The Morgan fingerprint density at radius 3 is 3.20 bits per heavy atom. The van der Waals surface area contributed by atoms with Gasteiger partial charge in [-0.3, -0.25) is 4.90 Å². The van der Waals surface area contributed by atoms with E-state index in [1.807, 2.05) is 18.8 Å². The van der Waals surface area contributed by atoms with Crippen molar-refractivity contribution in [3.8, 4) is 0 Å². The largest absolute Gasteiger partial charge is 0.477 e. The van der Waals surface area contributed by atoms with E-state index in [4.69, 9.17) is 5.11 Å². The van der Waals surface area contributed by atoms with Gasteiger partial charge in [0.2, 0.25) is 0 Å². The van der Waals surface area contributed by atoms with Crippen LogP contribution in [-0.4, -0.2) is 51.0 Å². The van der Waals surface area contributed by atoms with Crippen molar-refractivity contribution in [3.63, 3.8) is 0 Å². The highest BCUT2D eigenvalue weighted by Gasteiger charge is 2.24. The zero-order valence-electron chi connectivity index (χ0n) is 8.43. The van der Waals surface area contributed by atoms with Crippen molar-refractivity contribution in [1.82, 2.24) is 14.9 Å². The van der Waals surface area contributed by atoms with Gasteiger partial charge in [-0.1, -0.05) is 0 Å². The van der Waals surface area contributed by atoms with Gasteiger partial charge in [0.15, 0.2) is 0 Å². The van der Waals surface area contributed by atoms with Gasteiger partial charge in [0.05, 0.1) is 12.2 Å². The van der Waals surface area contributed by atoms with Crippen molar-refractivity contribution in [3.05, 3.63) is 17.7 Å². The van der Waals surface area contributed by atoms with Crippen LogP contribution in [0.25, 0.3) is 0 Å². The van der Waals surface area contributed by atoms with Crippen molar-refractivity contribution >= 4 is 17.7 Å². The molecule has 2 rings (SSSR count). The van der Waals surface area contributed by atoms with E-state index in [1.165, 1.54) is 6.20 Å². The Morgan fingerprint density at radius 2 is 2.60 bits per heavy atom. The Hall–Kier alpha value is -1.01. The Morgan fingerprint density at radius 1 is 1.80 bits per heavy atom. The fourth-order valence-electron chi connectivity index (χ4n) is 1.59. The molecular formula is C9H13N3O2S. The van der Waals surface area contributed by atoms with E-state index in [0.29, 0.717) is 0 Å². The van der Waals surface area contributed by atoms with Crippen LogP contribution < -0.4 is 0 Å². The zero-order valence-corrected chi connectivity index (χ0v) is 9.25. The lowest BCUT2D eigenvalue weighted by Gasteiger charge is -2.30. The zero-order chi connectivity index (χ0) is 10.8. The van der Waals surface area contributed by atoms with E-state index in [9.17, 15) is 4.79 Å². The molecule has 0 bridgehead atoms. The number of hydrogen-bond donors (Lipinski definition) is 2. The summed E-state index contributed by atoms with van der Waals surface area (Å²) in [4.78, 5) is 19.9. The predicted octanol–water partition coefficient (Wildman–Crippen LogP) is 0.828. The highest BCUT2D eigenvalue weighted by molar-refractivity contribution is 7.99. The molecule has 1 aromatic heterocycles. The third kappa shape index (κ3) is 2.15. The maximum absolute atomic E-state index is 10.7. The maximum atomic E-state index is 10.7. The molecule has 1 atom stereocenters. The van der Waals surface area contributed by atoms with Crippen LogP contribution in [0.4, 0.5) is 0 Å². The number of carbonyl (C=O) groups is 1. The number of hydrogen-bond acceptors (Lipinski definition) is 4. The van der Waals surface area contributed by atoms with Gasteiger partial charge in [0.25, 0.3) is 0 Å². The molecule has 0 saturated carbocycles. The standard InChI is InChI=1S/C9H13N3O2S/c1-12-2-3-15-5-7(12)8-10-4-6(11-8)9(13)14/h4,7H,2-3,5H2,1H3,(H,10,11)(H,13,14). The molecule has 6 heteroatoms. The molecule has 5 nitrogen and oxygen atoms in total. The minimum absolute atomic E-state index is 0.161. The molecular weight excluding hydrogens is 214 g/mol. The van der Waals surface area contributed by atoms with E-state index in [1.54, 1.807) is 0 Å². The molecule has 15 heavy (non-hydrogen) atoms. The lowest BCUT2D eigenvalue weighted by Crippen LogP contribution is -2.33. The van der Waals surface area contributed by atoms with Crippen LogP contribution in [0.5, 0.6) is 0 Å². The topological polar surface area (TPSA) is 69.2 Å². The summed E-state index contributed by atoms with van der Waals surface area (Å²) in [6.45, 7) is 1.01. The van der Waals surface area contributed by atoms with Crippen LogP contribution in [0, 0.1) is 0 Å². The summed E-state index contributed by atoms with van der Waals surface area (Å²) in [6, 6.07) is 0.205. The summed E-state index contributed by atoms with van der Waals surface area (Å²) in [6.07, 6.45) is 1.38. The van der Waals surface area contributed by atoms with E-state index in [2.05, 4.69) is 14.9 Å². The van der Waals surface area contributed by atoms with Gasteiger partial charge in [-0.05, 0) is 7.05 Å². The molecule has 1 saturated heterocycles. The first-order chi connectivity index (χ1) is 7.18. The second-order valence-corrected chi connectivity index (χ2v) is 4.71. The van der Waals surface area contributed by atoms with Gasteiger partial charge < -0.3 is 10.1 Å². The number of thioether (sulfide) groups is 1. The van der Waals surface area contributed by atoms with Gasteiger partial charge in [-0.25, -0.2) is 9.78 Å². The van der Waals surface area contributed by atoms with Crippen molar-refractivity contribution in [2.75, 3.05) is 25.1 Å². The van der Waals surface area contributed by atoms with E-state index in [-0.39, 0.29) is 11.7 Å². The van der Waals surface area contributed by atoms with Crippen LogP contribution in [0.2, 0.25) is 0 Å². The van der Waals surface area contributed by atoms with Crippen molar-refractivity contribution < 1.29 is 9.90 Å². The van der Waals surface area contributed by atoms with Crippen LogP contribution in [0.1, 0.15) is 22.4 Å². The summed E-state index contributed by atoms with van der Waals surface area (Å²) in [7, 11) is 2.04. The molecule has 82 valence electrons. The molecule has 1 fully saturated rings. The van der Waals surface area contributed by atoms with Crippen molar-refractivity contribution in [2.45, 2.75) is 6.04 Å².